The highest BCUT2D eigenvalue weighted by Gasteiger charge is 2.32. The molecule has 6 nitrogen and oxygen atoms in total. The van der Waals surface area contributed by atoms with Crippen LogP contribution in [0.5, 0.6) is 11.5 Å². The van der Waals surface area contributed by atoms with E-state index < -0.39 is 5.60 Å². The van der Waals surface area contributed by atoms with E-state index in [0.717, 1.165) is 11.3 Å². The maximum absolute atomic E-state index is 13.0. The van der Waals surface area contributed by atoms with Crippen LogP contribution in [0.25, 0.3) is 0 Å². The highest BCUT2D eigenvalue weighted by molar-refractivity contribution is 5.96. The number of hydrogen-bond donors (Lipinski definition) is 1. The lowest BCUT2D eigenvalue weighted by Gasteiger charge is -2.29. The van der Waals surface area contributed by atoms with Crippen molar-refractivity contribution in [3.63, 3.8) is 0 Å². The first kappa shape index (κ1) is 16.1. The van der Waals surface area contributed by atoms with Gasteiger partial charge in [0.05, 0.1) is 19.2 Å². The number of nitrogens with one attached hydrogen (secondary N) is 1. The number of carbonyl (C=O) groups excluding carboxylic acids is 1. The Balaban J connectivity index is 1.99. The fourth-order valence-corrected chi connectivity index (χ4v) is 2.89. The monoisotopic (exact) mass is 328 g/mol. The molecule has 0 saturated heterocycles. The molecule has 1 amide bonds. The number of fused-ring (bicyclic) bond motifs is 1. The van der Waals surface area contributed by atoms with E-state index in [9.17, 15) is 9.59 Å². The number of ether oxygens (including phenoxy) is 2. The minimum absolute atomic E-state index is 0.212. The molecule has 0 aliphatic carbocycles. The van der Waals surface area contributed by atoms with Crippen molar-refractivity contribution in [1.29, 1.82) is 0 Å². The van der Waals surface area contributed by atoms with Crippen molar-refractivity contribution in [3.8, 4) is 11.5 Å². The highest BCUT2D eigenvalue weighted by atomic mass is 16.5. The van der Waals surface area contributed by atoms with Crippen LogP contribution >= 0.6 is 0 Å². The maximum atomic E-state index is 13.0. The maximum Gasteiger partial charge on any atom is 0.259 e. The molecule has 0 bridgehead atoms. The lowest BCUT2D eigenvalue weighted by atomic mass is 10.1. The van der Waals surface area contributed by atoms with Crippen LogP contribution in [-0.2, 0) is 6.54 Å². The van der Waals surface area contributed by atoms with Gasteiger partial charge in [-0.15, -0.1) is 0 Å². The minimum Gasteiger partial charge on any atom is -0.496 e. The number of amides is 1. The van der Waals surface area contributed by atoms with Gasteiger partial charge in [0.1, 0.15) is 17.1 Å². The summed E-state index contributed by atoms with van der Waals surface area (Å²) in [5.41, 5.74) is 0.429. The molecule has 24 heavy (non-hydrogen) atoms. The SMILES string of the molecule is COc1cc(=O)[nH]cc1C(=O)N1Cc2ccccc2OC(C)(C)C1. The summed E-state index contributed by atoms with van der Waals surface area (Å²) in [6, 6.07) is 8.97. The highest BCUT2D eigenvalue weighted by Crippen LogP contribution is 2.30. The molecule has 6 heteroatoms. The zero-order valence-corrected chi connectivity index (χ0v) is 14.0. The Hall–Kier alpha value is -2.76. The number of methoxy groups -OCH3 is 1. The van der Waals surface area contributed by atoms with Crippen LogP contribution in [0.1, 0.15) is 29.8 Å². The summed E-state index contributed by atoms with van der Waals surface area (Å²) in [7, 11) is 1.44. The van der Waals surface area contributed by atoms with Crippen molar-refractivity contribution in [3.05, 3.63) is 58.0 Å². The van der Waals surface area contributed by atoms with Gasteiger partial charge in [-0.1, -0.05) is 18.2 Å². The van der Waals surface area contributed by atoms with Gasteiger partial charge < -0.3 is 19.4 Å². The first-order valence-electron chi connectivity index (χ1n) is 7.72. The predicted molar refractivity (Wildman–Crippen MR) is 89.5 cm³/mol. The first-order valence-corrected chi connectivity index (χ1v) is 7.72. The Labute approximate surface area is 140 Å². The molecule has 0 unspecified atom stereocenters. The van der Waals surface area contributed by atoms with Crippen LogP contribution in [0, 0.1) is 0 Å². The molecule has 0 radical (unpaired) electrons. The zero-order chi connectivity index (χ0) is 17.3. The van der Waals surface area contributed by atoms with Crippen LogP contribution in [0.4, 0.5) is 0 Å². The molecule has 0 fully saturated rings. The molecule has 1 aromatic carbocycles. The standard InChI is InChI=1S/C18H20N2O4/c1-18(2)11-20(10-12-6-4-5-7-14(12)24-18)17(22)13-9-19-16(21)8-15(13)23-3/h4-9H,10-11H2,1-3H3,(H,19,21). The number of benzene rings is 1. The second-order valence-corrected chi connectivity index (χ2v) is 6.41. The van der Waals surface area contributed by atoms with Crippen molar-refractivity contribution >= 4 is 5.91 Å². The molecule has 126 valence electrons. The van der Waals surface area contributed by atoms with Gasteiger partial charge in [0.15, 0.2) is 0 Å². The molecular formula is C18H20N2O4. The molecule has 1 N–H and O–H groups in total. The van der Waals surface area contributed by atoms with Gasteiger partial charge in [-0.05, 0) is 19.9 Å². The van der Waals surface area contributed by atoms with Gasteiger partial charge in [-0.25, -0.2) is 0 Å². The van der Waals surface area contributed by atoms with Crippen LogP contribution in [0.3, 0.4) is 0 Å². The summed E-state index contributed by atoms with van der Waals surface area (Å²) in [5.74, 6) is 0.836. The van der Waals surface area contributed by atoms with Crippen molar-refractivity contribution in [2.24, 2.45) is 0 Å². The van der Waals surface area contributed by atoms with E-state index in [-0.39, 0.29) is 17.2 Å². The average Bonchev–Trinajstić information content (AvgIpc) is 2.68. The third kappa shape index (κ3) is 3.13. The third-order valence-electron chi connectivity index (χ3n) is 3.92. The van der Waals surface area contributed by atoms with E-state index in [0.29, 0.717) is 18.7 Å². The number of carbonyl (C=O) groups is 1. The topological polar surface area (TPSA) is 71.6 Å². The molecule has 1 aliphatic rings. The largest absolute Gasteiger partial charge is 0.496 e. The van der Waals surface area contributed by atoms with E-state index >= 15 is 0 Å². The lowest BCUT2D eigenvalue weighted by molar-refractivity contribution is 0.0498. The minimum atomic E-state index is -0.530. The second-order valence-electron chi connectivity index (χ2n) is 6.41. The van der Waals surface area contributed by atoms with Crippen molar-refractivity contribution in [2.45, 2.75) is 26.0 Å². The van der Waals surface area contributed by atoms with E-state index in [1.807, 2.05) is 38.1 Å². The molecule has 0 saturated carbocycles. The fraction of sp³-hybridized carbons (Fsp3) is 0.333. The lowest BCUT2D eigenvalue weighted by Crippen LogP contribution is -2.43. The van der Waals surface area contributed by atoms with Gasteiger partial charge in [0.2, 0.25) is 0 Å². The van der Waals surface area contributed by atoms with Crippen LogP contribution in [0.2, 0.25) is 0 Å². The summed E-state index contributed by atoms with van der Waals surface area (Å²) >= 11 is 0. The Morgan fingerprint density at radius 3 is 2.83 bits per heavy atom. The Bertz CT molecular complexity index is 826. The molecule has 1 aliphatic heterocycles. The predicted octanol–water partition coefficient (Wildman–Crippen LogP) is 2.20. The van der Waals surface area contributed by atoms with Crippen LogP contribution in [-0.4, -0.2) is 35.0 Å². The summed E-state index contributed by atoms with van der Waals surface area (Å²) < 4.78 is 11.2. The number of pyridine rings is 1. The molecule has 2 aromatic rings. The first-order chi connectivity index (χ1) is 11.4. The number of hydrogen-bond acceptors (Lipinski definition) is 4. The van der Waals surface area contributed by atoms with Crippen molar-refractivity contribution < 1.29 is 14.3 Å². The molecule has 2 heterocycles. The second kappa shape index (κ2) is 6.03. The van der Waals surface area contributed by atoms with Crippen LogP contribution in [0.15, 0.2) is 41.3 Å². The van der Waals surface area contributed by atoms with E-state index in [1.54, 1.807) is 4.90 Å². The summed E-state index contributed by atoms with van der Waals surface area (Å²) in [4.78, 5) is 28.7. The number of nitrogens with zero attached hydrogens (tertiary/aromatic N) is 1. The van der Waals surface area contributed by atoms with E-state index in [4.69, 9.17) is 9.47 Å². The van der Waals surface area contributed by atoms with Gasteiger partial charge in [-0.2, -0.15) is 0 Å². The third-order valence-corrected chi connectivity index (χ3v) is 3.92. The van der Waals surface area contributed by atoms with E-state index in [1.165, 1.54) is 19.4 Å². The molecule has 1 aromatic heterocycles. The number of aromatic nitrogens is 1. The normalized spacial score (nSPS) is 15.9. The summed E-state index contributed by atoms with van der Waals surface area (Å²) in [6.45, 7) is 4.74. The Morgan fingerprint density at radius 2 is 2.08 bits per heavy atom. The fourth-order valence-electron chi connectivity index (χ4n) is 2.89. The average molecular weight is 328 g/mol. The number of H-pyrrole nitrogens is 1. The van der Waals surface area contributed by atoms with Gasteiger partial charge >= 0.3 is 0 Å². The van der Waals surface area contributed by atoms with Gasteiger partial charge in [-0.3, -0.25) is 9.59 Å². The Morgan fingerprint density at radius 1 is 1.33 bits per heavy atom. The zero-order valence-electron chi connectivity index (χ0n) is 14.0. The summed E-state index contributed by atoms with van der Waals surface area (Å²) in [5, 5.41) is 0. The number of rotatable bonds is 2. The number of para-hydroxylation sites is 1. The molecule has 0 spiro atoms. The molecule has 3 rings (SSSR count). The Kier molecular flexibility index (Phi) is 4.05. The quantitative estimate of drug-likeness (QED) is 0.917. The van der Waals surface area contributed by atoms with E-state index in [2.05, 4.69) is 4.98 Å². The van der Waals surface area contributed by atoms with Gasteiger partial charge in [0, 0.05) is 24.4 Å². The summed E-state index contributed by atoms with van der Waals surface area (Å²) in [6.07, 6.45) is 1.40. The molecular weight excluding hydrogens is 308 g/mol. The molecule has 0 atom stereocenters. The van der Waals surface area contributed by atoms with Gasteiger partial charge in [0.25, 0.3) is 11.5 Å². The smallest absolute Gasteiger partial charge is 0.259 e. The number of aromatic amines is 1. The van der Waals surface area contributed by atoms with Crippen LogP contribution < -0.4 is 15.0 Å². The van der Waals surface area contributed by atoms with Crippen molar-refractivity contribution in [2.75, 3.05) is 13.7 Å². The van der Waals surface area contributed by atoms with Crippen molar-refractivity contribution in [1.82, 2.24) is 9.88 Å².